The number of para-hydroxylation sites is 1. The second-order valence-corrected chi connectivity index (χ2v) is 8.23. The molecular weight excluding hydrogens is 441 g/mol. The van der Waals surface area contributed by atoms with Crippen LogP contribution in [0.5, 0.6) is 0 Å². The van der Waals surface area contributed by atoms with Gasteiger partial charge in [-0.15, -0.1) is 0 Å². The van der Waals surface area contributed by atoms with Crippen LogP contribution in [0.15, 0.2) is 58.5 Å². The first kappa shape index (κ1) is 22.1. The van der Waals surface area contributed by atoms with Gasteiger partial charge in [-0.05, 0) is 43.5 Å². The Morgan fingerprint density at radius 1 is 1.12 bits per heavy atom. The lowest BCUT2D eigenvalue weighted by Crippen LogP contribution is -2.28. The van der Waals surface area contributed by atoms with Gasteiger partial charge in [-0.2, -0.15) is 18.2 Å². The SMILES string of the molecule is O=C(CSc1nc(=O)n(Cc2ccccn2)c2c1CCC2)Nc1ccccc1C(F)(F)F. The number of anilines is 1. The fourth-order valence-electron chi connectivity index (χ4n) is 3.68. The minimum atomic E-state index is -4.57. The maximum Gasteiger partial charge on any atom is 0.418 e. The van der Waals surface area contributed by atoms with Crippen LogP contribution < -0.4 is 11.0 Å². The van der Waals surface area contributed by atoms with Gasteiger partial charge in [0.2, 0.25) is 5.91 Å². The average Bonchev–Trinajstić information content (AvgIpc) is 3.25. The summed E-state index contributed by atoms with van der Waals surface area (Å²) in [6.45, 7) is 0.314. The molecule has 1 aliphatic carbocycles. The van der Waals surface area contributed by atoms with Crippen LogP contribution in [0, 0.1) is 0 Å². The van der Waals surface area contributed by atoms with Crippen molar-refractivity contribution in [2.24, 2.45) is 0 Å². The number of thioether (sulfide) groups is 1. The second kappa shape index (κ2) is 9.15. The Labute approximate surface area is 185 Å². The molecule has 0 bridgehead atoms. The molecule has 0 radical (unpaired) electrons. The van der Waals surface area contributed by atoms with Gasteiger partial charge in [-0.1, -0.05) is 30.0 Å². The van der Waals surface area contributed by atoms with Crippen molar-refractivity contribution in [2.75, 3.05) is 11.1 Å². The molecule has 10 heteroatoms. The summed E-state index contributed by atoms with van der Waals surface area (Å²) < 4.78 is 41.0. The normalized spacial score (nSPS) is 13.1. The topological polar surface area (TPSA) is 76.9 Å². The number of carbonyl (C=O) groups is 1. The van der Waals surface area contributed by atoms with E-state index in [-0.39, 0.29) is 11.4 Å². The molecule has 0 unspecified atom stereocenters. The van der Waals surface area contributed by atoms with E-state index in [1.807, 2.05) is 12.1 Å². The standard InChI is InChI=1S/C22H19F3N4O2S/c23-22(24,25)16-8-1-2-9-17(16)27-19(30)13-32-20-15-7-5-10-18(15)29(21(31)28-20)12-14-6-3-4-11-26-14/h1-4,6,8-9,11H,5,7,10,12-13H2,(H,27,30). The molecule has 166 valence electrons. The molecule has 6 nitrogen and oxygen atoms in total. The molecule has 0 fully saturated rings. The number of rotatable bonds is 6. The highest BCUT2D eigenvalue weighted by Gasteiger charge is 2.33. The predicted octanol–water partition coefficient (Wildman–Crippen LogP) is 3.92. The van der Waals surface area contributed by atoms with Gasteiger partial charge in [-0.25, -0.2) is 4.79 Å². The van der Waals surface area contributed by atoms with Gasteiger partial charge in [0.05, 0.1) is 29.2 Å². The van der Waals surface area contributed by atoms with E-state index in [4.69, 9.17) is 0 Å². The predicted molar refractivity (Wildman–Crippen MR) is 115 cm³/mol. The number of amides is 1. The van der Waals surface area contributed by atoms with Crippen LogP contribution in [0.1, 0.15) is 28.9 Å². The van der Waals surface area contributed by atoms with Crippen molar-refractivity contribution in [3.05, 3.63) is 81.7 Å². The third-order valence-electron chi connectivity index (χ3n) is 5.09. The largest absolute Gasteiger partial charge is 0.418 e. The van der Waals surface area contributed by atoms with Crippen molar-refractivity contribution in [1.29, 1.82) is 0 Å². The number of fused-ring (bicyclic) bond motifs is 1. The third-order valence-corrected chi connectivity index (χ3v) is 6.11. The van der Waals surface area contributed by atoms with Crippen LogP contribution in [-0.4, -0.2) is 26.2 Å². The Balaban J connectivity index is 1.50. The number of aromatic nitrogens is 3. The number of nitrogens with zero attached hydrogens (tertiary/aromatic N) is 3. The van der Waals surface area contributed by atoms with Gasteiger partial charge in [0.25, 0.3) is 0 Å². The first-order valence-corrected chi connectivity index (χ1v) is 10.9. The summed E-state index contributed by atoms with van der Waals surface area (Å²) in [7, 11) is 0. The summed E-state index contributed by atoms with van der Waals surface area (Å²) in [6.07, 6.45) is -0.600. The van der Waals surface area contributed by atoms with Crippen LogP contribution in [0.3, 0.4) is 0 Å². The molecule has 1 aromatic carbocycles. The Hall–Kier alpha value is -3.14. The molecular formula is C22H19F3N4O2S. The maximum absolute atomic E-state index is 13.1. The van der Waals surface area contributed by atoms with E-state index in [2.05, 4.69) is 15.3 Å². The van der Waals surface area contributed by atoms with Crippen LogP contribution >= 0.6 is 11.8 Å². The molecule has 3 aromatic rings. The summed E-state index contributed by atoms with van der Waals surface area (Å²) in [6, 6.07) is 10.3. The number of benzene rings is 1. The Bertz CT molecular complexity index is 1200. The molecule has 1 aliphatic rings. The lowest BCUT2D eigenvalue weighted by molar-refractivity contribution is -0.137. The molecule has 1 amide bonds. The number of halogens is 3. The van der Waals surface area contributed by atoms with Gasteiger partial charge < -0.3 is 5.32 Å². The van der Waals surface area contributed by atoms with Gasteiger partial charge >= 0.3 is 11.9 Å². The summed E-state index contributed by atoms with van der Waals surface area (Å²) in [4.78, 5) is 33.4. The molecule has 4 rings (SSSR count). The molecule has 2 aromatic heterocycles. The number of alkyl halides is 3. The average molecular weight is 460 g/mol. The second-order valence-electron chi connectivity index (χ2n) is 7.27. The number of nitrogens with one attached hydrogen (secondary N) is 1. The fourth-order valence-corrected chi connectivity index (χ4v) is 4.56. The number of hydrogen-bond donors (Lipinski definition) is 1. The van der Waals surface area contributed by atoms with Crippen molar-refractivity contribution in [1.82, 2.24) is 14.5 Å². The van der Waals surface area contributed by atoms with E-state index in [1.54, 1.807) is 16.8 Å². The monoisotopic (exact) mass is 460 g/mol. The van der Waals surface area contributed by atoms with Gasteiger partial charge in [0.15, 0.2) is 0 Å². The van der Waals surface area contributed by atoms with Crippen molar-refractivity contribution in [3.63, 3.8) is 0 Å². The van der Waals surface area contributed by atoms with E-state index >= 15 is 0 Å². The van der Waals surface area contributed by atoms with Crippen LogP contribution in [0.2, 0.25) is 0 Å². The van der Waals surface area contributed by atoms with E-state index in [1.165, 1.54) is 18.2 Å². The van der Waals surface area contributed by atoms with E-state index in [9.17, 15) is 22.8 Å². The first-order chi connectivity index (χ1) is 15.3. The number of hydrogen-bond acceptors (Lipinski definition) is 5. The van der Waals surface area contributed by atoms with E-state index in [0.29, 0.717) is 11.6 Å². The highest BCUT2D eigenvalue weighted by molar-refractivity contribution is 8.00. The maximum atomic E-state index is 13.1. The summed E-state index contributed by atoms with van der Waals surface area (Å²) in [5.74, 6) is -0.757. The smallest absolute Gasteiger partial charge is 0.325 e. The van der Waals surface area contributed by atoms with E-state index < -0.39 is 23.3 Å². The molecule has 0 saturated carbocycles. The van der Waals surface area contributed by atoms with Crippen molar-refractivity contribution in [3.8, 4) is 0 Å². The fraction of sp³-hybridized carbons (Fsp3) is 0.273. The minimum absolute atomic E-state index is 0.157. The number of pyridine rings is 1. The zero-order chi connectivity index (χ0) is 22.7. The molecule has 0 atom stereocenters. The number of carbonyl (C=O) groups excluding carboxylic acids is 1. The summed E-state index contributed by atoms with van der Waals surface area (Å²) in [5.41, 5.74) is 0.897. The van der Waals surface area contributed by atoms with E-state index in [0.717, 1.165) is 54.0 Å². The third kappa shape index (κ3) is 4.85. The molecule has 32 heavy (non-hydrogen) atoms. The van der Waals surface area contributed by atoms with Crippen molar-refractivity contribution in [2.45, 2.75) is 37.0 Å². The van der Waals surface area contributed by atoms with Gasteiger partial charge in [0, 0.05) is 17.5 Å². The quantitative estimate of drug-likeness (QED) is 0.446. The molecule has 1 N–H and O–H groups in total. The highest BCUT2D eigenvalue weighted by Crippen LogP contribution is 2.35. The van der Waals surface area contributed by atoms with Crippen molar-refractivity contribution < 1.29 is 18.0 Å². The van der Waals surface area contributed by atoms with Crippen LogP contribution in [0.4, 0.5) is 18.9 Å². The lowest BCUT2D eigenvalue weighted by atomic mass is 10.1. The highest BCUT2D eigenvalue weighted by atomic mass is 32.2. The van der Waals surface area contributed by atoms with Gasteiger partial charge in [-0.3, -0.25) is 14.3 Å². The van der Waals surface area contributed by atoms with Gasteiger partial charge in [0.1, 0.15) is 5.03 Å². The van der Waals surface area contributed by atoms with Crippen LogP contribution in [-0.2, 0) is 30.4 Å². The molecule has 0 saturated heterocycles. The Kier molecular flexibility index (Phi) is 6.31. The summed E-state index contributed by atoms with van der Waals surface area (Å²) in [5, 5.41) is 2.77. The first-order valence-electron chi connectivity index (χ1n) is 9.94. The van der Waals surface area contributed by atoms with Crippen LogP contribution in [0.25, 0.3) is 0 Å². The Morgan fingerprint density at radius 2 is 1.91 bits per heavy atom. The molecule has 0 spiro atoms. The van der Waals surface area contributed by atoms with Crippen molar-refractivity contribution >= 4 is 23.4 Å². The zero-order valence-corrected chi connectivity index (χ0v) is 17.7. The lowest BCUT2D eigenvalue weighted by Gasteiger charge is -2.15. The zero-order valence-electron chi connectivity index (χ0n) is 16.9. The minimum Gasteiger partial charge on any atom is -0.325 e. The summed E-state index contributed by atoms with van der Waals surface area (Å²) >= 11 is 1.06. The Morgan fingerprint density at radius 3 is 2.66 bits per heavy atom. The molecule has 0 aliphatic heterocycles. The molecule has 2 heterocycles.